The average molecular weight is 300 g/mol. The Morgan fingerprint density at radius 3 is 2.76 bits per heavy atom. The van der Waals surface area contributed by atoms with Gasteiger partial charge in [0.05, 0.1) is 17.1 Å². The van der Waals surface area contributed by atoms with Crippen molar-refractivity contribution in [2.45, 2.75) is 13.5 Å². The van der Waals surface area contributed by atoms with Crippen molar-refractivity contribution in [1.82, 2.24) is 10.2 Å². The minimum Gasteiger partial charge on any atom is -0.419 e. The van der Waals surface area contributed by atoms with Crippen LogP contribution in [-0.4, -0.2) is 10.2 Å². The molecule has 4 nitrogen and oxygen atoms in total. The van der Waals surface area contributed by atoms with Gasteiger partial charge in [-0.3, -0.25) is 0 Å². The molecule has 0 aliphatic carbocycles. The second-order valence-corrected chi connectivity index (χ2v) is 5.11. The molecule has 0 amide bonds. The van der Waals surface area contributed by atoms with Crippen LogP contribution >= 0.6 is 11.6 Å². The van der Waals surface area contributed by atoms with E-state index in [1.54, 1.807) is 6.07 Å². The lowest BCUT2D eigenvalue weighted by molar-refractivity contribution is 0.515. The number of hydrogen-bond donors (Lipinski definition) is 1. The maximum absolute atomic E-state index is 6.11. The van der Waals surface area contributed by atoms with E-state index in [4.69, 9.17) is 16.0 Å². The number of halogens is 1. The van der Waals surface area contributed by atoms with Crippen LogP contribution in [0.4, 0.5) is 5.69 Å². The molecule has 3 rings (SSSR count). The van der Waals surface area contributed by atoms with E-state index < -0.39 is 0 Å². The van der Waals surface area contributed by atoms with Crippen LogP contribution in [0.2, 0.25) is 5.02 Å². The molecule has 1 aromatic heterocycles. The topological polar surface area (TPSA) is 51.0 Å². The molecule has 0 saturated heterocycles. The van der Waals surface area contributed by atoms with E-state index in [1.807, 2.05) is 43.3 Å². The van der Waals surface area contributed by atoms with E-state index in [9.17, 15) is 0 Å². The summed E-state index contributed by atoms with van der Waals surface area (Å²) in [6, 6.07) is 15.5. The van der Waals surface area contributed by atoms with Crippen LogP contribution < -0.4 is 5.32 Å². The van der Waals surface area contributed by atoms with Crippen molar-refractivity contribution in [3.05, 3.63) is 65.0 Å². The fraction of sp³-hybridized carbons (Fsp3) is 0.125. The summed E-state index contributed by atoms with van der Waals surface area (Å²) >= 11 is 6.11. The summed E-state index contributed by atoms with van der Waals surface area (Å²) in [5, 5.41) is 11.9. The summed E-state index contributed by atoms with van der Waals surface area (Å²) < 4.78 is 5.63. The van der Waals surface area contributed by atoms with Gasteiger partial charge in [0, 0.05) is 5.69 Å². The van der Waals surface area contributed by atoms with Gasteiger partial charge in [-0.05, 0) is 36.8 Å². The zero-order valence-corrected chi connectivity index (χ0v) is 12.3. The molecule has 21 heavy (non-hydrogen) atoms. The summed E-state index contributed by atoms with van der Waals surface area (Å²) in [6.45, 7) is 2.52. The molecule has 0 bridgehead atoms. The third-order valence-electron chi connectivity index (χ3n) is 3.03. The van der Waals surface area contributed by atoms with Gasteiger partial charge in [0.2, 0.25) is 11.8 Å². The van der Waals surface area contributed by atoms with Crippen LogP contribution in [0.25, 0.3) is 11.5 Å². The largest absolute Gasteiger partial charge is 0.419 e. The fourth-order valence-corrected chi connectivity index (χ4v) is 2.22. The molecule has 0 radical (unpaired) electrons. The zero-order chi connectivity index (χ0) is 14.7. The summed E-state index contributed by atoms with van der Waals surface area (Å²) in [7, 11) is 0. The molecule has 1 N–H and O–H groups in total. The van der Waals surface area contributed by atoms with E-state index in [1.165, 1.54) is 5.56 Å². The van der Waals surface area contributed by atoms with Crippen molar-refractivity contribution in [2.75, 3.05) is 5.32 Å². The van der Waals surface area contributed by atoms with Crippen LogP contribution in [0.1, 0.15) is 11.5 Å². The number of nitrogens with zero attached hydrogens (tertiary/aromatic N) is 2. The SMILES string of the molecule is Cc1cccc(NCc2nnc(-c3ccccc3Cl)o2)c1. The molecular weight excluding hydrogens is 286 g/mol. The first-order valence-corrected chi connectivity index (χ1v) is 6.98. The Morgan fingerprint density at radius 2 is 1.95 bits per heavy atom. The van der Waals surface area contributed by atoms with Crippen LogP contribution in [0.15, 0.2) is 52.9 Å². The number of aryl methyl sites for hydroxylation is 1. The third-order valence-corrected chi connectivity index (χ3v) is 3.36. The van der Waals surface area contributed by atoms with Gasteiger partial charge in [-0.25, -0.2) is 0 Å². The minimum absolute atomic E-state index is 0.432. The monoisotopic (exact) mass is 299 g/mol. The molecule has 0 unspecified atom stereocenters. The molecular formula is C16H14ClN3O. The van der Waals surface area contributed by atoms with Gasteiger partial charge < -0.3 is 9.73 Å². The summed E-state index contributed by atoms with van der Waals surface area (Å²) in [6.07, 6.45) is 0. The Hall–Kier alpha value is -2.33. The van der Waals surface area contributed by atoms with E-state index in [2.05, 4.69) is 21.6 Å². The number of nitrogens with one attached hydrogen (secondary N) is 1. The molecule has 2 aromatic carbocycles. The van der Waals surface area contributed by atoms with E-state index >= 15 is 0 Å². The zero-order valence-electron chi connectivity index (χ0n) is 11.5. The van der Waals surface area contributed by atoms with Crippen molar-refractivity contribution < 1.29 is 4.42 Å². The molecule has 0 saturated carbocycles. The van der Waals surface area contributed by atoms with E-state index in [0.717, 1.165) is 11.3 Å². The van der Waals surface area contributed by atoms with Crippen molar-refractivity contribution in [3.63, 3.8) is 0 Å². The second kappa shape index (κ2) is 5.97. The molecule has 0 spiro atoms. The van der Waals surface area contributed by atoms with Crippen molar-refractivity contribution in [1.29, 1.82) is 0 Å². The molecule has 0 atom stereocenters. The molecule has 0 aliphatic heterocycles. The Morgan fingerprint density at radius 1 is 1.10 bits per heavy atom. The van der Waals surface area contributed by atoms with Gasteiger partial charge in [0.15, 0.2) is 0 Å². The Labute approximate surface area is 127 Å². The Balaban J connectivity index is 1.72. The van der Waals surface area contributed by atoms with Crippen LogP contribution in [0.3, 0.4) is 0 Å². The lowest BCUT2D eigenvalue weighted by Crippen LogP contribution is -1.99. The van der Waals surface area contributed by atoms with Crippen molar-refractivity contribution in [2.24, 2.45) is 0 Å². The smallest absolute Gasteiger partial charge is 0.249 e. The highest BCUT2D eigenvalue weighted by atomic mass is 35.5. The van der Waals surface area contributed by atoms with E-state index in [-0.39, 0.29) is 0 Å². The minimum atomic E-state index is 0.432. The van der Waals surface area contributed by atoms with Gasteiger partial charge in [-0.2, -0.15) is 0 Å². The fourth-order valence-electron chi connectivity index (χ4n) is 2.00. The number of hydrogen-bond acceptors (Lipinski definition) is 4. The number of rotatable bonds is 4. The third kappa shape index (κ3) is 3.23. The maximum Gasteiger partial charge on any atom is 0.249 e. The van der Waals surface area contributed by atoms with E-state index in [0.29, 0.717) is 23.3 Å². The first kappa shape index (κ1) is 13.6. The number of aromatic nitrogens is 2. The molecule has 5 heteroatoms. The average Bonchev–Trinajstić information content (AvgIpc) is 2.94. The Bertz CT molecular complexity index is 755. The first-order chi connectivity index (χ1) is 10.2. The standard InChI is InChI=1S/C16H14ClN3O/c1-11-5-4-6-12(9-11)18-10-15-19-20-16(21-15)13-7-2-3-8-14(13)17/h2-9,18H,10H2,1H3. The van der Waals surface area contributed by atoms with Gasteiger partial charge in [0.25, 0.3) is 0 Å². The van der Waals surface area contributed by atoms with Crippen LogP contribution in [0.5, 0.6) is 0 Å². The van der Waals surface area contributed by atoms with Gasteiger partial charge in [-0.15, -0.1) is 10.2 Å². The van der Waals surface area contributed by atoms with Gasteiger partial charge in [0.1, 0.15) is 0 Å². The summed E-state index contributed by atoms with van der Waals surface area (Å²) in [5.41, 5.74) is 2.96. The number of benzene rings is 2. The summed E-state index contributed by atoms with van der Waals surface area (Å²) in [5.74, 6) is 0.952. The van der Waals surface area contributed by atoms with Gasteiger partial charge >= 0.3 is 0 Å². The molecule has 0 aliphatic rings. The van der Waals surface area contributed by atoms with Crippen molar-refractivity contribution in [3.8, 4) is 11.5 Å². The number of anilines is 1. The maximum atomic E-state index is 6.11. The van der Waals surface area contributed by atoms with Gasteiger partial charge in [-0.1, -0.05) is 35.9 Å². The van der Waals surface area contributed by atoms with Crippen molar-refractivity contribution >= 4 is 17.3 Å². The highest BCUT2D eigenvalue weighted by Crippen LogP contribution is 2.26. The lowest BCUT2D eigenvalue weighted by Gasteiger charge is -2.03. The van der Waals surface area contributed by atoms with Crippen LogP contribution in [0, 0.1) is 6.92 Å². The highest BCUT2D eigenvalue weighted by molar-refractivity contribution is 6.33. The highest BCUT2D eigenvalue weighted by Gasteiger charge is 2.11. The molecule has 1 heterocycles. The predicted molar refractivity (Wildman–Crippen MR) is 83.2 cm³/mol. The lowest BCUT2D eigenvalue weighted by atomic mass is 10.2. The Kier molecular flexibility index (Phi) is 3.88. The van der Waals surface area contributed by atoms with Crippen LogP contribution in [-0.2, 0) is 6.54 Å². The predicted octanol–water partition coefficient (Wildman–Crippen LogP) is 4.31. The second-order valence-electron chi connectivity index (χ2n) is 4.70. The molecule has 106 valence electrons. The first-order valence-electron chi connectivity index (χ1n) is 6.60. The molecule has 3 aromatic rings. The molecule has 0 fully saturated rings. The quantitative estimate of drug-likeness (QED) is 0.780. The normalized spacial score (nSPS) is 10.6. The summed E-state index contributed by atoms with van der Waals surface area (Å²) in [4.78, 5) is 0.